The maximum atomic E-state index is 11.6. The van der Waals surface area contributed by atoms with Gasteiger partial charge in [0.25, 0.3) is 0 Å². The summed E-state index contributed by atoms with van der Waals surface area (Å²) in [5.74, 6) is 0.0648. The van der Waals surface area contributed by atoms with Crippen molar-refractivity contribution in [1.29, 1.82) is 0 Å². The van der Waals surface area contributed by atoms with Gasteiger partial charge in [-0.1, -0.05) is 12.1 Å². The summed E-state index contributed by atoms with van der Waals surface area (Å²) in [6.07, 6.45) is 3.85. The van der Waals surface area contributed by atoms with Gasteiger partial charge in [-0.2, -0.15) is 5.10 Å². The van der Waals surface area contributed by atoms with E-state index < -0.39 is 10.0 Å². The van der Waals surface area contributed by atoms with Crippen LogP contribution >= 0.6 is 0 Å². The van der Waals surface area contributed by atoms with Crippen LogP contribution in [-0.2, 0) is 17.1 Å². The second-order valence-corrected chi connectivity index (χ2v) is 7.70. The second kappa shape index (κ2) is 7.14. The third kappa shape index (κ3) is 4.80. The Kier molecular flexibility index (Phi) is 5.43. The van der Waals surface area contributed by atoms with Gasteiger partial charge in [0.05, 0.1) is 11.9 Å². The average Bonchev–Trinajstić information content (AvgIpc) is 2.94. The highest BCUT2D eigenvalue weighted by molar-refractivity contribution is 7.92. The highest BCUT2D eigenvalue weighted by Gasteiger charge is 2.13. The summed E-state index contributed by atoms with van der Waals surface area (Å²) >= 11 is 0. The van der Waals surface area contributed by atoms with E-state index in [4.69, 9.17) is 0 Å². The van der Waals surface area contributed by atoms with Crippen LogP contribution in [0.3, 0.4) is 0 Å². The zero-order chi connectivity index (χ0) is 17.0. The number of aromatic nitrogens is 2. The summed E-state index contributed by atoms with van der Waals surface area (Å²) in [4.78, 5) is 0. The smallest absolute Gasteiger partial charge is 0.232 e. The molecule has 0 amide bonds. The Morgan fingerprint density at radius 1 is 1.13 bits per heavy atom. The van der Waals surface area contributed by atoms with E-state index in [1.807, 2.05) is 31.6 Å². The van der Waals surface area contributed by atoms with Crippen LogP contribution in [0.25, 0.3) is 0 Å². The minimum absolute atomic E-state index is 0.0648. The second-order valence-electron chi connectivity index (χ2n) is 5.68. The molecule has 0 aliphatic carbocycles. The predicted molar refractivity (Wildman–Crippen MR) is 92.7 cm³/mol. The van der Waals surface area contributed by atoms with E-state index >= 15 is 0 Å². The average molecular weight is 336 g/mol. The van der Waals surface area contributed by atoms with Gasteiger partial charge in [0.2, 0.25) is 10.0 Å². The summed E-state index contributed by atoms with van der Waals surface area (Å²) in [6, 6.07) is 7.76. The Morgan fingerprint density at radius 2 is 1.74 bits per heavy atom. The highest BCUT2D eigenvalue weighted by atomic mass is 32.2. The molecule has 6 nitrogen and oxygen atoms in total. The molecule has 2 aromatic rings. The van der Waals surface area contributed by atoms with Gasteiger partial charge in [-0.3, -0.25) is 9.40 Å². The van der Waals surface area contributed by atoms with Crippen molar-refractivity contribution >= 4 is 15.7 Å². The predicted octanol–water partition coefficient (Wildman–Crippen LogP) is 2.59. The molecule has 23 heavy (non-hydrogen) atoms. The van der Waals surface area contributed by atoms with E-state index in [2.05, 4.69) is 29.0 Å². The molecule has 1 heterocycles. The van der Waals surface area contributed by atoms with E-state index in [0.717, 1.165) is 11.1 Å². The fourth-order valence-electron chi connectivity index (χ4n) is 2.32. The SMILES string of the molecule is CCS(=O)(=O)Nc1ccc([C@@H](C)N[C@@H](C)c2cnn(C)c2)cc1. The van der Waals surface area contributed by atoms with E-state index in [-0.39, 0.29) is 17.8 Å². The number of hydrogen-bond donors (Lipinski definition) is 2. The van der Waals surface area contributed by atoms with Crippen molar-refractivity contribution in [1.82, 2.24) is 15.1 Å². The molecule has 0 saturated carbocycles. The molecule has 2 N–H and O–H groups in total. The lowest BCUT2D eigenvalue weighted by molar-refractivity contribution is 0.494. The van der Waals surface area contributed by atoms with Gasteiger partial charge in [-0.05, 0) is 38.5 Å². The molecule has 0 bridgehead atoms. The van der Waals surface area contributed by atoms with Crippen LogP contribution < -0.4 is 10.0 Å². The Bertz CT molecular complexity index is 738. The minimum atomic E-state index is -3.23. The molecular formula is C16H24N4O2S. The van der Waals surface area contributed by atoms with Crippen LogP contribution in [0.5, 0.6) is 0 Å². The molecule has 0 saturated heterocycles. The Balaban J connectivity index is 2.01. The van der Waals surface area contributed by atoms with Gasteiger partial charge in [-0.25, -0.2) is 8.42 Å². The van der Waals surface area contributed by atoms with Crippen molar-refractivity contribution in [2.45, 2.75) is 32.9 Å². The lowest BCUT2D eigenvalue weighted by Crippen LogP contribution is -2.22. The molecule has 0 spiro atoms. The van der Waals surface area contributed by atoms with Gasteiger partial charge in [-0.15, -0.1) is 0 Å². The molecule has 1 aromatic heterocycles. The summed E-state index contributed by atoms with van der Waals surface area (Å²) in [6.45, 7) is 5.79. The number of anilines is 1. The summed E-state index contributed by atoms with van der Waals surface area (Å²) < 4.78 is 27.4. The maximum absolute atomic E-state index is 11.6. The van der Waals surface area contributed by atoms with E-state index in [1.54, 1.807) is 23.7 Å². The Morgan fingerprint density at radius 3 is 2.26 bits per heavy atom. The molecule has 1 aromatic carbocycles. The lowest BCUT2D eigenvalue weighted by atomic mass is 10.1. The fourth-order valence-corrected chi connectivity index (χ4v) is 2.96. The zero-order valence-corrected chi connectivity index (χ0v) is 14.8. The van der Waals surface area contributed by atoms with Crippen LogP contribution in [0.15, 0.2) is 36.7 Å². The zero-order valence-electron chi connectivity index (χ0n) is 13.9. The summed E-state index contributed by atoms with van der Waals surface area (Å²) in [5, 5.41) is 7.70. The highest BCUT2D eigenvalue weighted by Crippen LogP contribution is 2.21. The van der Waals surface area contributed by atoms with Crippen LogP contribution in [0, 0.1) is 0 Å². The Labute approximate surface area is 138 Å². The standard InChI is InChI=1S/C16H24N4O2S/c1-5-23(21,22)19-16-8-6-14(7-9-16)12(2)18-13(3)15-10-17-20(4)11-15/h6-13,18-19H,5H2,1-4H3/t12-,13+/m1/s1. The first-order chi connectivity index (χ1) is 10.8. The summed E-state index contributed by atoms with van der Waals surface area (Å²) in [7, 11) is -1.33. The number of nitrogens with one attached hydrogen (secondary N) is 2. The van der Waals surface area contributed by atoms with Crippen molar-refractivity contribution in [3.05, 3.63) is 47.8 Å². The fraction of sp³-hybridized carbons (Fsp3) is 0.438. The molecular weight excluding hydrogens is 312 g/mol. The number of nitrogens with zero attached hydrogens (tertiary/aromatic N) is 2. The largest absolute Gasteiger partial charge is 0.304 e. The number of aryl methyl sites for hydroxylation is 1. The first-order valence-corrected chi connectivity index (χ1v) is 9.31. The molecule has 0 radical (unpaired) electrons. The number of benzene rings is 1. The number of sulfonamides is 1. The van der Waals surface area contributed by atoms with Crippen LogP contribution in [-0.4, -0.2) is 24.0 Å². The number of rotatable bonds is 7. The lowest BCUT2D eigenvalue weighted by Gasteiger charge is -2.20. The topological polar surface area (TPSA) is 76.0 Å². The normalized spacial score (nSPS) is 14.4. The van der Waals surface area contributed by atoms with E-state index in [0.29, 0.717) is 5.69 Å². The van der Waals surface area contributed by atoms with Gasteiger partial charge in [0.1, 0.15) is 0 Å². The molecule has 7 heteroatoms. The molecule has 2 atom stereocenters. The minimum Gasteiger partial charge on any atom is -0.304 e. The molecule has 0 aliphatic heterocycles. The van der Waals surface area contributed by atoms with Gasteiger partial charge < -0.3 is 5.32 Å². The van der Waals surface area contributed by atoms with Crippen LogP contribution in [0.2, 0.25) is 0 Å². The molecule has 126 valence electrons. The monoisotopic (exact) mass is 336 g/mol. The third-order valence-electron chi connectivity index (χ3n) is 3.79. The number of hydrogen-bond acceptors (Lipinski definition) is 4. The molecule has 0 fully saturated rings. The van der Waals surface area contributed by atoms with Crippen molar-refractivity contribution in [2.24, 2.45) is 7.05 Å². The van der Waals surface area contributed by atoms with Gasteiger partial charge >= 0.3 is 0 Å². The quantitative estimate of drug-likeness (QED) is 0.815. The van der Waals surface area contributed by atoms with Crippen LogP contribution in [0.1, 0.15) is 44.0 Å². The van der Waals surface area contributed by atoms with E-state index in [9.17, 15) is 8.42 Å². The van der Waals surface area contributed by atoms with Crippen molar-refractivity contribution < 1.29 is 8.42 Å². The molecule has 0 unspecified atom stereocenters. The first-order valence-electron chi connectivity index (χ1n) is 7.65. The van der Waals surface area contributed by atoms with Crippen LogP contribution in [0.4, 0.5) is 5.69 Å². The maximum Gasteiger partial charge on any atom is 0.232 e. The Hall–Kier alpha value is -1.86. The van der Waals surface area contributed by atoms with Crippen molar-refractivity contribution in [3.8, 4) is 0 Å². The van der Waals surface area contributed by atoms with E-state index in [1.165, 1.54) is 0 Å². The van der Waals surface area contributed by atoms with Crippen molar-refractivity contribution in [2.75, 3.05) is 10.5 Å². The molecule has 0 aliphatic rings. The van der Waals surface area contributed by atoms with Gasteiger partial charge in [0.15, 0.2) is 0 Å². The summed E-state index contributed by atoms with van der Waals surface area (Å²) in [5.41, 5.74) is 2.81. The van der Waals surface area contributed by atoms with Gasteiger partial charge in [0, 0.05) is 36.6 Å². The third-order valence-corrected chi connectivity index (χ3v) is 5.10. The van der Waals surface area contributed by atoms with Crippen molar-refractivity contribution in [3.63, 3.8) is 0 Å². The first kappa shape index (κ1) is 17.5. The molecule has 2 rings (SSSR count).